The van der Waals surface area contributed by atoms with Crippen molar-refractivity contribution in [3.63, 3.8) is 0 Å². The first-order valence-corrected chi connectivity index (χ1v) is 13.1. The van der Waals surface area contributed by atoms with Crippen LogP contribution in [0.2, 0.25) is 0 Å². The molecular formula is C25H25FN2O5S. The maximum absolute atomic E-state index is 14.2. The van der Waals surface area contributed by atoms with E-state index in [0.717, 1.165) is 56.1 Å². The number of nitrogens with zero attached hydrogens (tertiary/aromatic N) is 1. The Balaban J connectivity index is 1.38. The maximum Gasteiger partial charge on any atom is 0.341 e. The molecule has 0 amide bonds. The lowest BCUT2D eigenvalue weighted by Crippen LogP contribution is -2.42. The predicted molar refractivity (Wildman–Crippen MR) is 124 cm³/mol. The van der Waals surface area contributed by atoms with Gasteiger partial charge >= 0.3 is 5.97 Å². The molecule has 7 rings (SSSR count). The molecule has 4 aliphatic heterocycles. The van der Waals surface area contributed by atoms with Crippen LogP contribution in [0.15, 0.2) is 40.8 Å². The highest BCUT2D eigenvalue weighted by atomic mass is 32.2. The lowest BCUT2D eigenvalue weighted by atomic mass is 9.83. The molecule has 34 heavy (non-hydrogen) atoms. The van der Waals surface area contributed by atoms with Crippen molar-refractivity contribution in [3.05, 3.63) is 58.4 Å². The molecule has 0 aromatic heterocycles. The number of hydrogen-bond donors (Lipinski definition) is 2. The van der Waals surface area contributed by atoms with Crippen molar-refractivity contribution in [2.75, 3.05) is 31.0 Å². The van der Waals surface area contributed by atoms with Crippen LogP contribution < -0.4 is 9.46 Å². The molecule has 2 atom stereocenters. The standard InChI is InChI=1S/C25H25FN2O5S/c26-18-1-4-22(15(10-18)9-16-12-28-7-5-14(16)6-8-28)34(31,32)27-21-3-2-19-20-11-17(20)13-33-24(19)23(21)25(29)30/h1-4,9-10,14,17,20,27H,5-8,11-13H2,(H,29,30)/t17-,20-/m0/s1. The fourth-order valence-electron chi connectivity index (χ4n) is 5.64. The second kappa shape index (κ2) is 7.81. The third-order valence-corrected chi connectivity index (χ3v) is 8.97. The van der Waals surface area contributed by atoms with Gasteiger partial charge in [0.1, 0.15) is 17.1 Å². The molecule has 1 saturated carbocycles. The quantitative estimate of drug-likeness (QED) is 0.668. The number of sulfonamides is 1. The van der Waals surface area contributed by atoms with Crippen LogP contribution in [-0.2, 0) is 10.0 Å². The topological polar surface area (TPSA) is 95.9 Å². The summed E-state index contributed by atoms with van der Waals surface area (Å²) in [5, 5.41) is 9.88. The minimum atomic E-state index is -4.20. The van der Waals surface area contributed by atoms with Gasteiger partial charge in [-0.2, -0.15) is 0 Å². The SMILES string of the molecule is O=C(O)c1c(NS(=O)(=O)c2ccc(F)cc2C=C2CN3CCC2CC3)ccc2c1OC[C@@H]1C[C@H]21. The van der Waals surface area contributed by atoms with E-state index in [-0.39, 0.29) is 33.4 Å². The van der Waals surface area contributed by atoms with Crippen molar-refractivity contribution in [1.82, 2.24) is 4.90 Å². The Kier molecular flexibility index (Phi) is 4.97. The van der Waals surface area contributed by atoms with E-state index in [1.807, 2.05) is 0 Å². The van der Waals surface area contributed by atoms with Crippen LogP contribution in [0.1, 0.15) is 46.7 Å². The Morgan fingerprint density at radius 2 is 2.00 bits per heavy atom. The number of carbonyl (C=O) groups is 1. The number of carboxylic acid groups (broad SMARTS) is 1. The highest BCUT2D eigenvalue weighted by molar-refractivity contribution is 7.92. The number of carboxylic acids is 1. The molecule has 5 aliphatic rings. The highest BCUT2D eigenvalue weighted by Crippen LogP contribution is 2.55. The molecule has 0 unspecified atom stereocenters. The molecule has 2 bridgehead atoms. The van der Waals surface area contributed by atoms with Gasteiger partial charge in [-0.1, -0.05) is 17.7 Å². The molecule has 3 saturated heterocycles. The van der Waals surface area contributed by atoms with Gasteiger partial charge in [0, 0.05) is 12.5 Å². The van der Waals surface area contributed by atoms with E-state index in [2.05, 4.69) is 9.62 Å². The van der Waals surface area contributed by atoms with Crippen molar-refractivity contribution in [3.8, 4) is 5.75 Å². The lowest BCUT2D eigenvalue weighted by molar-refractivity contribution is 0.0692. The zero-order valence-corrected chi connectivity index (χ0v) is 19.3. The van der Waals surface area contributed by atoms with Crippen molar-refractivity contribution < 1.29 is 27.4 Å². The van der Waals surface area contributed by atoms with Gasteiger partial charge in [0.05, 0.1) is 17.2 Å². The molecular weight excluding hydrogens is 459 g/mol. The number of anilines is 1. The molecule has 9 heteroatoms. The smallest absolute Gasteiger partial charge is 0.341 e. The molecule has 2 aromatic carbocycles. The molecule has 2 N–H and O–H groups in total. The van der Waals surface area contributed by atoms with E-state index in [1.165, 1.54) is 18.2 Å². The Morgan fingerprint density at radius 3 is 2.71 bits per heavy atom. The summed E-state index contributed by atoms with van der Waals surface area (Å²) in [5.41, 5.74) is 1.93. The van der Waals surface area contributed by atoms with Gasteiger partial charge in [-0.15, -0.1) is 0 Å². The molecule has 4 heterocycles. The van der Waals surface area contributed by atoms with Gasteiger partial charge < -0.3 is 9.84 Å². The summed E-state index contributed by atoms with van der Waals surface area (Å²) in [7, 11) is -4.20. The fourth-order valence-corrected chi connectivity index (χ4v) is 6.88. The Hall–Kier alpha value is -2.91. The van der Waals surface area contributed by atoms with Crippen molar-refractivity contribution in [2.24, 2.45) is 11.8 Å². The molecule has 7 nitrogen and oxygen atoms in total. The monoisotopic (exact) mass is 484 g/mol. The molecule has 4 fully saturated rings. The zero-order valence-electron chi connectivity index (χ0n) is 18.5. The summed E-state index contributed by atoms with van der Waals surface area (Å²) in [6, 6.07) is 6.79. The summed E-state index contributed by atoms with van der Waals surface area (Å²) in [5.74, 6) is -0.510. The van der Waals surface area contributed by atoms with E-state index in [0.29, 0.717) is 18.4 Å². The number of nitrogens with one attached hydrogen (secondary N) is 1. The first-order chi connectivity index (χ1) is 16.3. The third-order valence-electron chi connectivity index (χ3n) is 7.53. The molecule has 178 valence electrons. The second-order valence-electron chi connectivity index (χ2n) is 9.68. The Morgan fingerprint density at radius 1 is 1.21 bits per heavy atom. The number of hydrogen-bond acceptors (Lipinski definition) is 5. The number of halogens is 1. The van der Waals surface area contributed by atoms with Crippen LogP contribution in [0.3, 0.4) is 0 Å². The third kappa shape index (κ3) is 3.67. The van der Waals surface area contributed by atoms with Crippen LogP contribution in [0, 0.1) is 17.7 Å². The van der Waals surface area contributed by atoms with Crippen molar-refractivity contribution in [2.45, 2.75) is 30.1 Å². The van der Waals surface area contributed by atoms with Crippen LogP contribution in [0.4, 0.5) is 10.1 Å². The Bertz CT molecular complexity index is 1330. The van der Waals surface area contributed by atoms with Crippen LogP contribution >= 0.6 is 0 Å². The maximum atomic E-state index is 14.2. The Labute approximate surface area is 197 Å². The van der Waals surface area contributed by atoms with Gasteiger partial charge in [0.25, 0.3) is 10.0 Å². The zero-order chi connectivity index (χ0) is 23.6. The van der Waals surface area contributed by atoms with E-state index in [1.54, 1.807) is 12.1 Å². The van der Waals surface area contributed by atoms with Gasteiger partial charge in [-0.05, 0) is 79.6 Å². The number of fused-ring (bicyclic) bond motifs is 6. The molecule has 2 aromatic rings. The number of rotatable bonds is 5. The van der Waals surface area contributed by atoms with Crippen molar-refractivity contribution >= 4 is 27.8 Å². The van der Waals surface area contributed by atoms with Gasteiger partial charge in [-0.3, -0.25) is 9.62 Å². The van der Waals surface area contributed by atoms with Gasteiger partial charge in [0.15, 0.2) is 0 Å². The van der Waals surface area contributed by atoms with E-state index >= 15 is 0 Å². The largest absolute Gasteiger partial charge is 0.492 e. The summed E-state index contributed by atoms with van der Waals surface area (Å²) in [6.45, 7) is 3.24. The molecule has 0 spiro atoms. The average Bonchev–Trinajstić information content (AvgIpc) is 3.59. The first-order valence-electron chi connectivity index (χ1n) is 11.6. The first kappa shape index (κ1) is 21.6. The van der Waals surface area contributed by atoms with E-state index in [9.17, 15) is 22.7 Å². The number of piperidine rings is 3. The van der Waals surface area contributed by atoms with Crippen LogP contribution in [0.5, 0.6) is 5.75 Å². The normalized spacial score (nSPS) is 28.1. The van der Waals surface area contributed by atoms with E-state index in [4.69, 9.17) is 4.74 Å². The summed E-state index contributed by atoms with van der Waals surface area (Å²) < 4.78 is 49.2. The average molecular weight is 485 g/mol. The van der Waals surface area contributed by atoms with Crippen LogP contribution in [-0.4, -0.2) is 50.6 Å². The fraction of sp³-hybridized carbons (Fsp3) is 0.400. The minimum absolute atomic E-state index is 0.0592. The van der Waals surface area contributed by atoms with Gasteiger partial charge in [0.2, 0.25) is 0 Å². The number of benzene rings is 2. The second-order valence-corrected chi connectivity index (χ2v) is 11.3. The van der Waals surface area contributed by atoms with Crippen molar-refractivity contribution in [1.29, 1.82) is 0 Å². The number of ether oxygens (including phenoxy) is 1. The summed E-state index contributed by atoms with van der Waals surface area (Å²) in [6.07, 6.45) is 4.76. The predicted octanol–water partition coefficient (Wildman–Crippen LogP) is 3.93. The number of aromatic carboxylic acids is 1. The van der Waals surface area contributed by atoms with E-state index < -0.39 is 21.8 Å². The minimum Gasteiger partial charge on any atom is -0.492 e. The van der Waals surface area contributed by atoms with Gasteiger partial charge in [-0.25, -0.2) is 17.6 Å². The lowest BCUT2D eigenvalue weighted by Gasteiger charge is -2.41. The summed E-state index contributed by atoms with van der Waals surface area (Å²) >= 11 is 0. The van der Waals surface area contributed by atoms with Crippen LogP contribution in [0.25, 0.3) is 6.08 Å². The summed E-state index contributed by atoms with van der Waals surface area (Å²) in [4.78, 5) is 14.3. The molecule has 1 aliphatic carbocycles. The molecule has 0 radical (unpaired) electrons. The highest BCUT2D eigenvalue weighted by Gasteiger charge is 2.45.